The van der Waals surface area contributed by atoms with Crippen molar-refractivity contribution in [3.8, 4) is 0 Å². The van der Waals surface area contributed by atoms with Crippen LogP contribution in [0.1, 0.15) is 27.7 Å². The van der Waals surface area contributed by atoms with E-state index in [0.29, 0.717) is 18.1 Å². The molecule has 0 spiro atoms. The molecule has 2 aromatic heterocycles. The van der Waals surface area contributed by atoms with Crippen LogP contribution in [-0.4, -0.2) is 108 Å². The molecule has 14 heteroatoms. The van der Waals surface area contributed by atoms with Crippen molar-refractivity contribution in [2.24, 2.45) is 11.8 Å². The van der Waals surface area contributed by atoms with Gasteiger partial charge in [-0.3, -0.25) is 38.6 Å². The van der Waals surface area contributed by atoms with Gasteiger partial charge < -0.3 is 13.9 Å². The number of halogens is 1. The van der Waals surface area contributed by atoms with E-state index in [1.807, 2.05) is 12.1 Å². The summed E-state index contributed by atoms with van der Waals surface area (Å²) in [4.78, 5) is 77.2. The lowest BCUT2D eigenvalue weighted by atomic mass is 10.2. The Labute approximate surface area is 236 Å². The van der Waals surface area contributed by atoms with Crippen LogP contribution in [0.5, 0.6) is 0 Å². The van der Waals surface area contributed by atoms with Gasteiger partial charge in [0.2, 0.25) is 23.6 Å². The van der Waals surface area contributed by atoms with Gasteiger partial charge in [-0.25, -0.2) is 9.80 Å². The highest BCUT2D eigenvalue weighted by Gasteiger charge is 2.34. The molecule has 2 aliphatic heterocycles. The van der Waals surface area contributed by atoms with E-state index in [9.17, 15) is 28.8 Å². The van der Waals surface area contributed by atoms with Gasteiger partial charge in [-0.1, -0.05) is 39.3 Å². The fraction of sp³-hybridized carbons (Fsp3) is 0.538. The number of hydrogen-bond acceptors (Lipinski definition) is 11. The number of fused-ring (bicyclic) bond motifs is 2. The Hall–Kier alpha value is -3.55. The molecule has 4 rings (SSSR count). The summed E-state index contributed by atoms with van der Waals surface area (Å²) in [6, 6.07) is 5.55. The third kappa shape index (κ3) is 8.23. The number of furan rings is 2. The van der Waals surface area contributed by atoms with Crippen LogP contribution < -0.4 is 0 Å². The van der Waals surface area contributed by atoms with E-state index in [1.165, 1.54) is 0 Å². The second-order valence-electron chi connectivity index (χ2n) is 10.0. The Balaban J connectivity index is 0.000000463. The zero-order valence-corrected chi connectivity index (χ0v) is 23.6. The second-order valence-corrected chi connectivity index (χ2v) is 10.4. The van der Waals surface area contributed by atoms with Crippen LogP contribution in [0.15, 0.2) is 22.6 Å². The summed E-state index contributed by atoms with van der Waals surface area (Å²) in [5.41, 5.74) is 1.63. The van der Waals surface area contributed by atoms with E-state index in [-0.39, 0.29) is 38.0 Å². The first-order chi connectivity index (χ1) is 18.8. The minimum atomic E-state index is -0.500. The predicted octanol–water partition coefficient (Wildman–Crippen LogP) is 1.17. The van der Waals surface area contributed by atoms with E-state index < -0.39 is 49.0 Å². The van der Waals surface area contributed by atoms with Gasteiger partial charge in [0.25, 0.3) is 0 Å². The van der Waals surface area contributed by atoms with Gasteiger partial charge in [-0.15, -0.1) is 0 Å². The highest BCUT2D eigenvalue weighted by molar-refractivity contribution is 6.34. The topological polar surface area (TPSA) is 147 Å². The van der Waals surface area contributed by atoms with Crippen molar-refractivity contribution in [1.82, 2.24) is 19.6 Å². The summed E-state index contributed by atoms with van der Waals surface area (Å²) in [6.07, 6.45) is 0. The molecule has 2 bridgehead atoms. The molecule has 0 aliphatic carbocycles. The molecule has 2 saturated heterocycles. The van der Waals surface area contributed by atoms with E-state index in [4.69, 9.17) is 25.5 Å². The zero-order chi connectivity index (χ0) is 29.6. The van der Waals surface area contributed by atoms with Crippen LogP contribution >= 0.6 is 11.6 Å². The Kier molecular flexibility index (Phi) is 10.6. The van der Waals surface area contributed by atoms with Crippen molar-refractivity contribution in [3.63, 3.8) is 0 Å². The molecule has 4 amide bonds. The first-order valence-electron chi connectivity index (χ1n) is 12.8. The van der Waals surface area contributed by atoms with Gasteiger partial charge >= 0.3 is 11.9 Å². The minimum Gasteiger partial charge on any atom is -0.456 e. The molecule has 2 fully saturated rings. The Morgan fingerprint density at radius 2 is 1.18 bits per heavy atom. The van der Waals surface area contributed by atoms with Gasteiger partial charge in [0.05, 0.1) is 43.0 Å². The standard InChI is InChI=1S/C20H30N4O8.C6H3ClO/c1-13(2)19(29)31-11-23-15(25)7-21(8-16(23)26)5-6-22-9-17(27)24(18(28)10-22)12-32-20(30)14(3)4;7-5-3-4-1-2-6(5)8-4/h13-14H,5-12H2,1-4H3;1-3H. The van der Waals surface area contributed by atoms with E-state index in [1.54, 1.807) is 43.6 Å². The third-order valence-corrected chi connectivity index (χ3v) is 6.41. The minimum absolute atomic E-state index is 0.0437. The SMILES string of the molecule is CC(C)C(=O)OCN1C(=O)CN(CCN2CC(=O)N(COC(=O)C(C)C)C(=O)C2)CC1=O.Clc1cc2ccc1o2. The molecule has 218 valence electrons. The smallest absolute Gasteiger partial charge is 0.310 e. The summed E-state index contributed by atoms with van der Waals surface area (Å²) in [7, 11) is 0. The molecule has 2 aromatic rings. The average molecular weight is 581 g/mol. The van der Waals surface area contributed by atoms with Crippen molar-refractivity contribution in [2.45, 2.75) is 27.7 Å². The van der Waals surface area contributed by atoms with E-state index in [0.717, 1.165) is 21.0 Å². The second kappa shape index (κ2) is 13.7. The molecule has 0 atom stereocenters. The number of piperazine rings is 2. The molecule has 0 N–H and O–H groups in total. The molecular formula is C26H33ClN4O9. The molecule has 0 unspecified atom stereocenters. The molecule has 0 aromatic carbocycles. The van der Waals surface area contributed by atoms with Crippen LogP contribution in [0.2, 0.25) is 5.02 Å². The van der Waals surface area contributed by atoms with Crippen molar-refractivity contribution in [2.75, 3.05) is 52.7 Å². The number of esters is 2. The zero-order valence-electron chi connectivity index (χ0n) is 22.9. The van der Waals surface area contributed by atoms with Crippen molar-refractivity contribution >= 4 is 58.3 Å². The number of carbonyl (C=O) groups is 6. The lowest BCUT2D eigenvalue weighted by molar-refractivity contribution is -0.168. The maximum Gasteiger partial charge on any atom is 0.310 e. The number of amides is 4. The summed E-state index contributed by atoms with van der Waals surface area (Å²) in [5, 5.41) is 0.711. The molecule has 4 heterocycles. The summed E-state index contributed by atoms with van der Waals surface area (Å²) in [5.74, 6) is -3.67. The summed E-state index contributed by atoms with van der Waals surface area (Å²) in [6.45, 7) is 6.19. The molecule has 0 saturated carbocycles. The number of benzene rings is 1. The lowest BCUT2D eigenvalue weighted by Crippen LogP contribution is -2.58. The summed E-state index contributed by atoms with van der Waals surface area (Å²) >= 11 is 5.64. The normalized spacial score (nSPS) is 17.2. The fourth-order valence-corrected chi connectivity index (χ4v) is 3.94. The van der Waals surface area contributed by atoms with Crippen LogP contribution in [0, 0.1) is 11.8 Å². The van der Waals surface area contributed by atoms with Crippen molar-refractivity contribution < 1.29 is 42.7 Å². The maximum atomic E-state index is 12.3. The Morgan fingerprint density at radius 3 is 1.43 bits per heavy atom. The molecular weight excluding hydrogens is 548 g/mol. The molecule has 0 radical (unpaired) electrons. The highest BCUT2D eigenvalue weighted by Crippen LogP contribution is 2.25. The molecule has 2 aliphatic rings. The van der Waals surface area contributed by atoms with E-state index >= 15 is 0 Å². The van der Waals surface area contributed by atoms with Gasteiger partial charge in [0, 0.05) is 19.2 Å². The third-order valence-electron chi connectivity index (χ3n) is 6.12. The number of ether oxygens (including phenoxy) is 2. The Morgan fingerprint density at radius 1 is 0.775 bits per heavy atom. The number of carbonyl (C=O) groups excluding carboxylic acids is 6. The Bertz CT molecular complexity index is 1140. The van der Waals surface area contributed by atoms with Crippen LogP contribution in [0.4, 0.5) is 0 Å². The average Bonchev–Trinajstić information content (AvgIpc) is 3.49. The first-order valence-corrected chi connectivity index (χ1v) is 13.1. The van der Waals surface area contributed by atoms with Gasteiger partial charge in [0.1, 0.15) is 11.2 Å². The van der Waals surface area contributed by atoms with E-state index in [2.05, 4.69) is 0 Å². The predicted molar refractivity (Wildman–Crippen MR) is 141 cm³/mol. The lowest BCUT2D eigenvalue weighted by Gasteiger charge is -2.35. The summed E-state index contributed by atoms with van der Waals surface area (Å²) < 4.78 is 15.0. The van der Waals surface area contributed by atoms with Crippen LogP contribution in [-0.2, 0) is 38.2 Å². The molecule has 40 heavy (non-hydrogen) atoms. The first kappa shape index (κ1) is 31.0. The van der Waals surface area contributed by atoms with Crippen molar-refractivity contribution in [3.05, 3.63) is 23.2 Å². The number of rotatable bonds is 9. The van der Waals surface area contributed by atoms with Crippen molar-refractivity contribution in [1.29, 1.82) is 0 Å². The van der Waals surface area contributed by atoms with Gasteiger partial charge in [-0.2, -0.15) is 0 Å². The fourth-order valence-electron chi connectivity index (χ4n) is 3.73. The number of imide groups is 2. The van der Waals surface area contributed by atoms with Gasteiger partial charge in [0.15, 0.2) is 13.5 Å². The van der Waals surface area contributed by atoms with Crippen LogP contribution in [0.25, 0.3) is 11.2 Å². The maximum absolute atomic E-state index is 12.3. The molecule has 13 nitrogen and oxygen atoms in total. The number of hydrogen-bond donors (Lipinski definition) is 0. The highest BCUT2D eigenvalue weighted by atomic mass is 35.5. The monoisotopic (exact) mass is 580 g/mol. The van der Waals surface area contributed by atoms with Crippen LogP contribution in [0.3, 0.4) is 0 Å². The largest absolute Gasteiger partial charge is 0.456 e. The number of nitrogens with zero attached hydrogens (tertiary/aromatic N) is 4. The van der Waals surface area contributed by atoms with Gasteiger partial charge in [-0.05, 0) is 12.1 Å². The quantitative estimate of drug-likeness (QED) is 0.311.